The van der Waals surface area contributed by atoms with E-state index in [1.807, 2.05) is 36.6 Å². The number of hydrogen-bond acceptors (Lipinski definition) is 4. The molecular weight excluding hydrogens is 260 g/mol. The molecule has 1 N–H and O–H groups in total. The second kappa shape index (κ2) is 5.63. The largest absolute Gasteiger partial charge is 0.508 e. The molecule has 0 amide bonds. The molecule has 0 bridgehead atoms. The number of ether oxygens (including phenoxy) is 1. The van der Waals surface area contributed by atoms with Crippen molar-refractivity contribution >= 4 is 23.6 Å². The van der Waals surface area contributed by atoms with E-state index in [0.717, 1.165) is 17.4 Å². The van der Waals surface area contributed by atoms with Crippen molar-refractivity contribution in [2.75, 3.05) is 13.4 Å². The van der Waals surface area contributed by atoms with Gasteiger partial charge in [-0.1, -0.05) is 30.3 Å². The van der Waals surface area contributed by atoms with E-state index in [9.17, 15) is 9.90 Å². The number of benzene rings is 1. The van der Waals surface area contributed by atoms with Gasteiger partial charge in [-0.3, -0.25) is 4.79 Å². The number of aliphatic hydroxyl groups is 1. The zero-order valence-electron chi connectivity index (χ0n) is 10.9. The van der Waals surface area contributed by atoms with Crippen LogP contribution in [0.4, 0.5) is 0 Å². The number of carbonyl (C=O) groups is 1. The lowest BCUT2D eigenvalue weighted by Gasteiger charge is -2.33. The third kappa shape index (κ3) is 2.46. The number of allylic oxidation sites excluding steroid dienone is 2. The van der Waals surface area contributed by atoms with Crippen molar-refractivity contribution in [3.63, 3.8) is 0 Å². The maximum Gasteiger partial charge on any atom is 0.174 e. The normalized spacial score (nSPS) is 23.2. The molecule has 0 saturated carbocycles. The highest BCUT2D eigenvalue weighted by Crippen LogP contribution is 2.43. The maximum atomic E-state index is 11.3. The zero-order chi connectivity index (χ0) is 13.9. The van der Waals surface area contributed by atoms with Crippen LogP contribution in [0.2, 0.25) is 0 Å². The van der Waals surface area contributed by atoms with Gasteiger partial charge in [-0.15, -0.1) is 11.8 Å². The Morgan fingerprint density at radius 3 is 2.58 bits per heavy atom. The zero-order valence-corrected chi connectivity index (χ0v) is 11.7. The lowest BCUT2D eigenvalue weighted by molar-refractivity contribution is -0.105. The predicted molar refractivity (Wildman–Crippen MR) is 78.0 cm³/mol. The number of aldehydes is 1. The van der Waals surface area contributed by atoms with Gasteiger partial charge in [-0.25, -0.2) is 0 Å². The fourth-order valence-electron chi connectivity index (χ4n) is 2.20. The Morgan fingerprint density at radius 1 is 1.37 bits per heavy atom. The Kier molecular flexibility index (Phi) is 4.12. The minimum atomic E-state index is -0.853. The molecule has 1 aromatic carbocycles. The SMILES string of the molecule is COC1(SC)CC(C=O)=C(c2ccccc2)C=C1O. The minimum absolute atomic E-state index is 0.145. The molecule has 0 heterocycles. The monoisotopic (exact) mass is 276 g/mol. The van der Waals surface area contributed by atoms with E-state index in [0.29, 0.717) is 12.0 Å². The molecule has 1 unspecified atom stereocenters. The van der Waals surface area contributed by atoms with Crippen LogP contribution in [0.5, 0.6) is 0 Å². The summed E-state index contributed by atoms with van der Waals surface area (Å²) in [6.45, 7) is 0. The Morgan fingerprint density at radius 2 is 2.05 bits per heavy atom. The van der Waals surface area contributed by atoms with Gasteiger partial charge < -0.3 is 9.84 Å². The smallest absolute Gasteiger partial charge is 0.174 e. The van der Waals surface area contributed by atoms with Crippen molar-refractivity contribution in [1.29, 1.82) is 0 Å². The minimum Gasteiger partial charge on any atom is -0.508 e. The molecular formula is C15H16O3S. The molecule has 19 heavy (non-hydrogen) atoms. The fourth-order valence-corrected chi connectivity index (χ4v) is 2.94. The predicted octanol–water partition coefficient (Wildman–Crippen LogP) is 3.19. The molecule has 0 aliphatic heterocycles. The standard InChI is InChI=1S/C15H16O3S/c1-18-15(19-2)9-12(10-16)13(8-14(15)17)11-6-4-3-5-7-11/h3-8,10,17H,9H2,1-2H3. The summed E-state index contributed by atoms with van der Waals surface area (Å²) >= 11 is 1.38. The number of rotatable bonds is 4. The number of aliphatic hydroxyl groups excluding tert-OH is 1. The van der Waals surface area contributed by atoms with Crippen molar-refractivity contribution in [3.8, 4) is 0 Å². The molecule has 1 aliphatic carbocycles. The van der Waals surface area contributed by atoms with Crippen LogP contribution in [0, 0.1) is 0 Å². The van der Waals surface area contributed by atoms with E-state index in [1.54, 1.807) is 6.08 Å². The Hall–Kier alpha value is -1.52. The van der Waals surface area contributed by atoms with E-state index in [-0.39, 0.29) is 5.76 Å². The van der Waals surface area contributed by atoms with Crippen LogP contribution >= 0.6 is 11.8 Å². The molecule has 2 rings (SSSR count). The summed E-state index contributed by atoms with van der Waals surface area (Å²) in [7, 11) is 1.54. The van der Waals surface area contributed by atoms with Crippen LogP contribution in [0.25, 0.3) is 5.57 Å². The number of carbonyl (C=O) groups excluding carboxylic acids is 1. The maximum absolute atomic E-state index is 11.3. The molecule has 0 spiro atoms. The van der Waals surface area contributed by atoms with Crippen molar-refractivity contribution in [2.45, 2.75) is 11.4 Å². The summed E-state index contributed by atoms with van der Waals surface area (Å²) in [5.74, 6) is 0.145. The lowest BCUT2D eigenvalue weighted by Crippen LogP contribution is -2.33. The molecule has 100 valence electrons. The van der Waals surface area contributed by atoms with Crippen LogP contribution < -0.4 is 0 Å². The van der Waals surface area contributed by atoms with Crippen LogP contribution in [-0.2, 0) is 9.53 Å². The number of thioether (sulfide) groups is 1. The first-order valence-electron chi connectivity index (χ1n) is 5.92. The quantitative estimate of drug-likeness (QED) is 0.677. The molecule has 4 heteroatoms. The van der Waals surface area contributed by atoms with Crippen molar-refractivity contribution in [2.24, 2.45) is 0 Å². The molecule has 0 radical (unpaired) electrons. The average Bonchev–Trinajstić information content (AvgIpc) is 2.48. The van der Waals surface area contributed by atoms with Crippen LogP contribution in [0.15, 0.2) is 47.7 Å². The highest BCUT2D eigenvalue weighted by Gasteiger charge is 2.38. The van der Waals surface area contributed by atoms with Gasteiger partial charge >= 0.3 is 0 Å². The Labute approximate surface area is 117 Å². The second-order valence-corrected chi connectivity index (χ2v) is 5.36. The molecule has 1 aliphatic rings. The highest BCUT2D eigenvalue weighted by atomic mass is 32.2. The van der Waals surface area contributed by atoms with Gasteiger partial charge in [0, 0.05) is 19.1 Å². The van der Waals surface area contributed by atoms with E-state index in [2.05, 4.69) is 0 Å². The summed E-state index contributed by atoms with van der Waals surface area (Å²) in [5, 5.41) is 10.2. The summed E-state index contributed by atoms with van der Waals surface area (Å²) in [6, 6.07) is 9.56. The third-order valence-corrected chi connectivity index (χ3v) is 4.51. The van der Waals surface area contributed by atoms with Crippen molar-refractivity contribution < 1.29 is 14.6 Å². The molecule has 0 saturated heterocycles. The number of methoxy groups -OCH3 is 1. The molecule has 0 aromatic heterocycles. The van der Waals surface area contributed by atoms with Gasteiger partial charge in [-0.2, -0.15) is 0 Å². The van der Waals surface area contributed by atoms with Gasteiger partial charge in [0.05, 0.1) is 0 Å². The van der Waals surface area contributed by atoms with E-state index >= 15 is 0 Å². The van der Waals surface area contributed by atoms with Gasteiger partial charge in [0.15, 0.2) is 4.93 Å². The van der Waals surface area contributed by atoms with E-state index in [1.165, 1.54) is 18.9 Å². The van der Waals surface area contributed by atoms with Crippen LogP contribution in [-0.4, -0.2) is 29.7 Å². The lowest BCUT2D eigenvalue weighted by atomic mass is 9.90. The first kappa shape index (κ1) is 13.9. The summed E-state index contributed by atoms with van der Waals surface area (Å²) < 4.78 is 5.41. The molecule has 1 aromatic rings. The molecule has 0 fully saturated rings. The average molecular weight is 276 g/mol. The van der Waals surface area contributed by atoms with E-state index in [4.69, 9.17) is 4.74 Å². The van der Waals surface area contributed by atoms with E-state index < -0.39 is 4.93 Å². The van der Waals surface area contributed by atoms with Gasteiger partial charge in [0.25, 0.3) is 0 Å². The number of hydrogen-bond donors (Lipinski definition) is 1. The first-order valence-corrected chi connectivity index (χ1v) is 7.14. The van der Waals surface area contributed by atoms with Gasteiger partial charge in [0.1, 0.15) is 12.0 Å². The van der Waals surface area contributed by atoms with Gasteiger partial charge in [-0.05, 0) is 23.5 Å². The van der Waals surface area contributed by atoms with Crippen LogP contribution in [0.3, 0.4) is 0 Å². The van der Waals surface area contributed by atoms with Gasteiger partial charge in [0.2, 0.25) is 0 Å². The summed E-state index contributed by atoms with van der Waals surface area (Å²) in [4.78, 5) is 10.5. The summed E-state index contributed by atoms with van der Waals surface area (Å²) in [6.07, 6.45) is 4.68. The fraction of sp³-hybridized carbons (Fsp3) is 0.267. The highest BCUT2D eigenvalue weighted by molar-refractivity contribution is 8.00. The Bertz CT molecular complexity index is 528. The molecule has 3 nitrogen and oxygen atoms in total. The topological polar surface area (TPSA) is 46.5 Å². The van der Waals surface area contributed by atoms with Crippen molar-refractivity contribution in [1.82, 2.24) is 0 Å². The first-order chi connectivity index (χ1) is 9.16. The molecule has 1 atom stereocenters. The Balaban J connectivity index is 2.51. The van der Waals surface area contributed by atoms with Crippen molar-refractivity contribution in [3.05, 3.63) is 53.3 Å². The third-order valence-electron chi connectivity index (χ3n) is 3.33. The summed E-state index contributed by atoms with van der Waals surface area (Å²) in [5.41, 5.74) is 2.32. The van der Waals surface area contributed by atoms with Crippen LogP contribution in [0.1, 0.15) is 12.0 Å². The second-order valence-electron chi connectivity index (χ2n) is 4.29.